The second kappa shape index (κ2) is 8.77. The predicted molar refractivity (Wildman–Crippen MR) is 77.6 cm³/mol. The lowest BCUT2D eigenvalue weighted by Gasteiger charge is -2.14. The summed E-state index contributed by atoms with van der Waals surface area (Å²) >= 11 is 0. The van der Waals surface area contributed by atoms with Crippen LogP contribution in [-0.2, 0) is 24.6 Å². The highest BCUT2D eigenvalue weighted by Crippen LogP contribution is 2.27. The van der Waals surface area contributed by atoms with Crippen molar-refractivity contribution in [3.63, 3.8) is 0 Å². The molecule has 1 rings (SSSR count). The van der Waals surface area contributed by atoms with Gasteiger partial charge in [-0.2, -0.15) is 8.42 Å². The van der Waals surface area contributed by atoms with Crippen LogP contribution in [0.2, 0.25) is 0 Å². The van der Waals surface area contributed by atoms with Crippen LogP contribution in [0.25, 0.3) is 0 Å². The van der Waals surface area contributed by atoms with Crippen LogP contribution in [0.1, 0.15) is 6.42 Å². The normalized spacial score (nSPS) is 11.0. The molecule has 0 aromatic heterocycles. The van der Waals surface area contributed by atoms with Gasteiger partial charge in [0, 0.05) is 12.0 Å². The fourth-order valence-corrected chi connectivity index (χ4v) is 2.27. The van der Waals surface area contributed by atoms with Gasteiger partial charge in [-0.25, -0.2) is 0 Å². The van der Waals surface area contributed by atoms with Gasteiger partial charge in [-0.3, -0.25) is 9.35 Å². The molecular weight excluding hydrogens is 384 g/mol. The second-order valence-electron chi connectivity index (χ2n) is 4.69. The van der Waals surface area contributed by atoms with E-state index in [0.29, 0.717) is 6.07 Å². The molecule has 1 aromatic carbocycles. The van der Waals surface area contributed by atoms with Crippen LogP contribution >= 0.6 is 0 Å². The van der Waals surface area contributed by atoms with E-state index in [2.05, 4.69) is 9.68 Å². The van der Waals surface area contributed by atoms with E-state index in [-0.39, 0.29) is 5.75 Å². The Kier molecular flexibility index (Phi) is 7.03. The average molecular weight is 396 g/mol. The van der Waals surface area contributed by atoms with E-state index in [4.69, 9.17) is 9.29 Å². The molecule has 0 amide bonds. The second-order valence-corrected chi connectivity index (χ2v) is 6.08. The van der Waals surface area contributed by atoms with Gasteiger partial charge in [-0.1, -0.05) is 0 Å². The Morgan fingerprint density at radius 2 is 1.69 bits per heavy atom. The zero-order chi connectivity index (χ0) is 19.9. The Morgan fingerprint density at radius 3 is 2.15 bits per heavy atom. The smallest absolute Gasteiger partial charge is 0.311 e. The topological polar surface area (TPSA) is 206 Å². The Balaban J connectivity index is 2.80. The van der Waals surface area contributed by atoms with Crippen LogP contribution in [0.5, 0.6) is 11.5 Å². The number of esters is 1. The van der Waals surface area contributed by atoms with Gasteiger partial charge in [-0.05, 0) is 12.1 Å². The maximum absolute atomic E-state index is 11.8. The van der Waals surface area contributed by atoms with E-state index in [0.717, 1.165) is 12.1 Å². The van der Waals surface area contributed by atoms with Crippen molar-refractivity contribution in [2.75, 3.05) is 13.2 Å². The zero-order valence-corrected chi connectivity index (χ0v) is 13.5. The van der Waals surface area contributed by atoms with Gasteiger partial charge >= 0.3 is 5.97 Å². The maximum atomic E-state index is 11.8. The minimum absolute atomic E-state index is 0.371. The number of hydrogen-bond donors (Lipinski definition) is 2. The minimum atomic E-state index is -4.78. The molecular formula is C11H12N2O12S. The summed E-state index contributed by atoms with van der Waals surface area (Å²) in [4.78, 5) is 39.3. The SMILES string of the molecule is O=C(CC(CO[N+](=O)[O-])CO[N+](=O)[O-])Oc1ccc(O)c(S(=O)(=O)O)c1. The summed E-state index contributed by atoms with van der Waals surface area (Å²) in [6.07, 6.45) is -0.607. The molecule has 0 atom stereocenters. The Hall–Kier alpha value is -3.20. The van der Waals surface area contributed by atoms with Crippen LogP contribution in [0.3, 0.4) is 0 Å². The summed E-state index contributed by atoms with van der Waals surface area (Å²) in [6.45, 7) is -1.39. The molecule has 0 saturated carbocycles. The first-order valence-corrected chi connectivity index (χ1v) is 7.99. The highest BCUT2D eigenvalue weighted by Gasteiger charge is 2.21. The Bertz CT molecular complexity index is 774. The van der Waals surface area contributed by atoms with Gasteiger partial charge in [-0.15, -0.1) is 20.2 Å². The number of aromatic hydroxyl groups is 1. The number of carbonyl (C=O) groups is 1. The van der Waals surface area contributed by atoms with Crippen molar-refractivity contribution in [3.05, 3.63) is 38.4 Å². The van der Waals surface area contributed by atoms with Gasteiger partial charge < -0.3 is 19.5 Å². The number of phenols is 1. The monoisotopic (exact) mass is 396 g/mol. The highest BCUT2D eigenvalue weighted by atomic mass is 32.2. The molecule has 14 nitrogen and oxygen atoms in total. The fraction of sp³-hybridized carbons (Fsp3) is 0.364. The van der Waals surface area contributed by atoms with Gasteiger partial charge in [0.05, 0.1) is 6.42 Å². The largest absolute Gasteiger partial charge is 0.506 e. The lowest BCUT2D eigenvalue weighted by Crippen LogP contribution is -2.24. The van der Waals surface area contributed by atoms with E-state index in [1.807, 2.05) is 0 Å². The number of benzene rings is 1. The van der Waals surface area contributed by atoms with Gasteiger partial charge in [0.25, 0.3) is 20.3 Å². The Morgan fingerprint density at radius 1 is 1.15 bits per heavy atom. The standard InChI is InChI=1S/C11H12N2O12S/c14-9-2-1-8(4-10(9)26(20,21)22)25-11(15)3-7(5-23-12(16)17)6-24-13(18)19/h1-2,4,7,14H,3,5-6H2,(H,20,21,22). The van der Waals surface area contributed by atoms with Crippen molar-refractivity contribution < 1.29 is 47.5 Å². The van der Waals surface area contributed by atoms with Crippen molar-refractivity contribution in [1.82, 2.24) is 0 Å². The lowest BCUT2D eigenvalue weighted by atomic mass is 10.1. The molecule has 0 radical (unpaired) electrons. The summed E-state index contributed by atoms with van der Waals surface area (Å²) in [5.41, 5.74) is 0. The van der Waals surface area contributed by atoms with Crippen molar-refractivity contribution in [1.29, 1.82) is 0 Å². The number of hydrogen-bond acceptors (Lipinski definition) is 11. The minimum Gasteiger partial charge on any atom is -0.506 e. The van der Waals surface area contributed by atoms with Crippen molar-refractivity contribution in [2.45, 2.75) is 11.3 Å². The zero-order valence-electron chi connectivity index (χ0n) is 12.7. The van der Waals surface area contributed by atoms with Crippen LogP contribution in [0.15, 0.2) is 23.1 Å². The lowest BCUT2D eigenvalue weighted by molar-refractivity contribution is -0.768. The summed E-state index contributed by atoms with van der Waals surface area (Å²) in [7, 11) is -4.78. The van der Waals surface area contributed by atoms with E-state index in [9.17, 15) is 38.5 Å². The number of nitrogens with zero attached hydrogens (tertiary/aromatic N) is 2. The first-order chi connectivity index (χ1) is 12.0. The summed E-state index contributed by atoms with van der Waals surface area (Å²) in [5.74, 6) is -3.33. The van der Waals surface area contributed by atoms with Crippen molar-refractivity contribution in [3.8, 4) is 11.5 Å². The van der Waals surface area contributed by atoms with Crippen LogP contribution in [0, 0.1) is 26.1 Å². The molecule has 26 heavy (non-hydrogen) atoms. The van der Waals surface area contributed by atoms with Crippen LogP contribution in [0.4, 0.5) is 0 Å². The molecule has 0 aliphatic rings. The maximum Gasteiger partial charge on any atom is 0.311 e. The first-order valence-electron chi connectivity index (χ1n) is 6.55. The first kappa shape index (κ1) is 20.8. The van der Waals surface area contributed by atoms with Crippen molar-refractivity contribution >= 4 is 16.1 Å². The molecule has 0 unspecified atom stereocenters. The van der Waals surface area contributed by atoms with Gasteiger partial charge in [0.2, 0.25) is 0 Å². The number of rotatable bonds is 10. The quantitative estimate of drug-likeness (QED) is 0.176. The third-order valence-corrected chi connectivity index (χ3v) is 3.61. The number of ether oxygens (including phenoxy) is 1. The third kappa shape index (κ3) is 7.14. The fourth-order valence-electron chi connectivity index (χ4n) is 1.67. The van der Waals surface area contributed by atoms with Crippen LogP contribution in [-0.4, -0.2) is 47.4 Å². The van der Waals surface area contributed by atoms with Crippen LogP contribution < -0.4 is 4.74 Å². The van der Waals surface area contributed by atoms with Gasteiger partial charge in [0.15, 0.2) is 0 Å². The predicted octanol–water partition coefficient (Wildman–Crippen LogP) is -0.0328. The molecule has 0 saturated heterocycles. The molecule has 0 aliphatic carbocycles. The van der Waals surface area contributed by atoms with Gasteiger partial charge in [0.1, 0.15) is 29.6 Å². The summed E-state index contributed by atoms with van der Waals surface area (Å²) < 4.78 is 35.8. The summed E-state index contributed by atoms with van der Waals surface area (Å²) in [6, 6.07) is 2.52. The molecule has 0 fully saturated rings. The van der Waals surface area contributed by atoms with E-state index < -0.39 is 62.5 Å². The molecule has 0 spiro atoms. The third-order valence-electron chi connectivity index (χ3n) is 2.73. The van der Waals surface area contributed by atoms with Crippen molar-refractivity contribution in [2.24, 2.45) is 5.92 Å². The highest BCUT2D eigenvalue weighted by molar-refractivity contribution is 7.86. The average Bonchev–Trinajstić information content (AvgIpc) is 2.50. The molecule has 15 heteroatoms. The number of phenolic OH excluding ortho intramolecular Hbond substituents is 1. The molecule has 144 valence electrons. The molecule has 1 aromatic rings. The Labute approximate surface area is 144 Å². The molecule has 2 N–H and O–H groups in total. The molecule has 0 heterocycles. The molecule has 0 aliphatic heterocycles. The van der Waals surface area contributed by atoms with E-state index in [1.54, 1.807) is 0 Å². The summed E-state index contributed by atoms with van der Waals surface area (Å²) in [5, 5.41) is 27.4. The van der Waals surface area contributed by atoms with E-state index >= 15 is 0 Å². The van der Waals surface area contributed by atoms with E-state index in [1.165, 1.54) is 0 Å². The number of carbonyl (C=O) groups excluding carboxylic acids is 1. The molecule has 0 bridgehead atoms.